The number of pyridine rings is 1. The summed E-state index contributed by atoms with van der Waals surface area (Å²) in [6.07, 6.45) is 3.88. The van der Waals surface area contributed by atoms with Crippen molar-refractivity contribution in [2.24, 2.45) is 5.92 Å². The average Bonchev–Trinajstić information content (AvgIpc) is 3.07. The minimum absolute atomic E-state index is 0.0252. The fourth-order valence-corrected chi connectivity index (χ4v) is 2.07. The standard InChI is InChI=1S/C13H19N3O/c1-4-9-6-11(9)16-13(17)10-7-15-8(2)5-12(10)14-3/h5,7,9,11H,4,6H2,1-3H3,(H,14,15)(H,16,17). The Morgan fingerprint density at radius 3 is 2.94 bits per heavy atom. The third-order valence-electron chi connectivity index (χ3n) is 3.32. The monoisotopic (exact) mass is 233 g/mol. The Hall–Kier alpha value is -1.58. The predicted octanol–water partition coefficient (Wildman–Crippen LogP) is 1.96. The third-order valence-corrected chi connectivity index (χ3v) is 3.32. The van der Waals surface area contributed by atoms with Crippen LogP contribution in [0.4, 0.5) is 5.69 Å². The van der Waals surface area contributed by atoms with Gasteiger partial charge in [-0.15, -0.1) is 0 Å². The zero-order valence-electron chi connectivity index (χ0n) is 10.6. The van der Waals surface area contributed by atoms with Crippen molar-refractivity contribution in [2.75, 3.05) is 12.4 Å². The molecule has 92 valence electrons. The van der Waals surface area contributed by atoms with Gasteiger partial charge in [0.2, 0.25) is 0 Å². The predicted molar refractivity (Wildman–Crippen MR) is 68.2 cm³/mol. The topological polar surface area (TPSA) is 54.0 Å². The molecule has 1 saturated carbocycles. The van der Waals surface area contributed by atoms with E-state index in [0.29, 0.717) is 17.5 Å². The largest absolute Gasteiger partial charge is 0.387 e. The van der Waals surface area contributed by atoms with E-state index in [-0.39, 0.29) is 5.91 Å². The SMILES string of the molecule is CCC1CC1NC(=O)c1cnc(C)cc1NC. The van der Waals surface area contributed by atoms with Crippen LogP contribution in [0.1, 0.15) is 35.8 Å². The first-order valence-electron chi connectivity index (χ1n) is 6.11. The maximum absolute atomic E-state index is 12.1. The van der Waals surface area contributed by atoms with Gasteiger partial charge in [-0.1, -0.05) is 13.3 Å². The van der Waals surface area contributed by atoms with Crippen molar-refractivity contribution in [1.82, 2.24) is 10.3 Å². The van der Waals surface area contributed by atoms with E-state index in [4.69, 9.17) is 0 Å². The lowest BCUT2D eigenvalue weighted by Crippen LogP contribution is -2.27. The molecule has 1 amide bonds. The number of nitrogens with one attached hydrogen (secondary N) is 2. The highest BCUT2D eigenvalue weighted by Gasteiger charge is 2.36. The minimum Gasteiger partial charge on any atom is -0.387 e. The minimum atomic E-state index is -0.0252. The van der Waals surface area contributed by atoms with Crippen LogP contribution in [0.25, 0.3) is 0 Å². The van der Waals surface area contributed by atoms with Crippen molar-refractivity contribution in [3.8, 4) is 0 Å². The van der Waals surface area contributed by atoms with E-state index in [0.717, 1.165) is 24.2 Å². The van der Waals surface area contributed by atoms with Crippen LogP contribution in [-0.2, 0) is 0 Å². The molecule has 17 heavy (non-hydrogen) atoms. The number of hydrogen-bond acceptors (Lipinski definition) is 3. The second kappa shape index (κ2) is 4.73. The maximum Gasteiger partial charge on any atom is 0.255 e. The Morgan fingerprint density at radius 2 is 2.35 bits per heavy atom. The van der Waals surface area contributed by atoms with Crippen LogP contribution >= 0.6 is 0 Å². The van der Waals surface area contributed by atoms with Gasteiger partial charge in [0.15, 0.2) is 0 Å². The first-order valence-corrected chi connectivity index (χ1v) is 6.11. The number of rotatable bonds is 4. The zero-order valence-corrected chi connectivity index (χ0v) is 10.6. The molecule has 0 aromatic carbocycles. The van der Waals surface area contributed by atoms with Gasteiger partial charge < -0.3 is 10.6 Å². The summed E-state index contributed by atoms with van der Waals surface area (Å²) in [5.74, 6) is 0.637. The van der Waals surface area contributed by atoms with Gasteiger partial charge in [0.25, 0.3) is 5.91 Å². The molecule has 0 bridgehead atoms. The van der Waals surface area contributed by atoms with E-state index < -0.39 is 0 Å². The summed E-state index contributed by atoms with van der Waals surface area (Å²) < 4.78 is 0. The molecule has 0 saturated heterocycles. The fraction of sp³-hybridized carbons (Fsp3) is 0.538. The lowest BCUT2D eigenvalue weighted by Gasteiger charge is -2.09. The molecule has 0 spiro atoms. The Morgan fingerprint density at radius 1 is 1.59 bits per heavy atom. The van der Waals surface area contributed by atoms with Gasteiger partial charge in [-0.2, -0.15) is 0 Å². The Labute approximate surface area is 102 Å². The summed E-state index contributed by atoms with van der Waals surface area (Å²) in [4.78, 5) is 16.2. The van der Waals surface area contributed by atoms with E-state index >= 15 is 0 Å². The Kier molecular flexibility index (Phi) is 3.31. The van der Waals surface area contributed by atoms with Crippen LogP contribution in [0.2, 0.25) is 0 Å². The number of carbonyl (C=O) groups is 1. The van der Waals surface area contributed by atoms with Crippen LogP contribution < -0.4 is 10.6 Å². The number of amides is 1. The average molecular weight is 233 g/mol. The van der Waals surface area contributed by atoms with Crippen molar-refractivity contribution >= 4 is 11.6 Å². The highest BCUT2D eigenvalue weighted by atomic mass is 16.1. The number of nitrogens with zero attached hydrogens (tertiary/aromatic N) is 1. The molecule has 0 aliphatic heterocycles. The molecule has 2 atom stereocenters. The lowest BCUT2D eigenvalue weighted by molar-refractivity contribution is 0.0949. The molecule has 1 heterocycles. The Balaban J connectivity index is 2.08. The molecule has 2 N–H and O–H groups in total. The number of aryl methyl sites for hydroxylation is 1. The zero-order chi connectivity index (χ0) is 12.4. The van der Waals surface area contributed by atoms with Gasteiger partial charge in [0.05, 0.1) is 11.3 Å². The number of hydrogen-bond donors (Lipinski definition) is 2. The summed E-state index contributed by atoms with van der Waals surface area (Å²) in [6.45, 7) is 4.07. The van der Waals surface area contributed by atoms with Gasteiger partial charge in [0, 0.05) is 25.0 Å². The van der Waals surface area contributed by atoms with Gasteiger partial charge in [-0.3, -0.25) is 9.78 Å². The van der Waals surface area contributed by atoms with Crippen molar-refractivity contribution in [1.29, 1.82) is 0 Å². The lowest BCUT2D eigenvalue weighted by atomic mass is 10.2. The van der Waals surface area contributed by atoms with Crippen molar-refractivity contribution < 1.29 is 4.79 Å². The summed E-state index contributed by atoms with van der Waals surface area (Å²) >= 11 is 0. The van der Waals surface area contributed by atoms with Gasteiger partial charge >= 0.3 is 0 Å². The molecule has 1 aromatic rings. The van der Waals surface area contributed by atoms with E-state index in [2.05, 4.69) is 22.5 Å². The summed E-state index contributed by atoms with van der Waals surface area (Å²) in [7, 11) is 1.82. The van der Waals surface area contributed by atoms with Gasteiger partial charge in [-0.25, -0.2) is 0 Å². The summed E-state index contributed by atoms with van der Waals surface area (Å²) in [6, 6.07) is 2.25. The molecule has 1 aliphatic carbocycles. The van der Waals surface area contributed by atoms with Crippen LogP contribution in [0, 0.1) is 12.8 Å². The second-order valence-electron chi connectivity index (χ2n) is 4.61. The van der Waals surface area contributed by atoms with Crippen LogP contribution in [-0.4, -0.2) is 24.0 Å². The maximum atomic E-state index is 12.1. The van der Waals surface area contributed by atoms with Gasteiger partial charge in [-0.05, 0) is 25.3 Å². The van der Waals surface area contributed by atoms with Crippen LogP contribution in [0.3, 0.4) is 0 Å². The molecule has 4 nitrogen and oxygen atoms in total. The van der Waals surface area contributed by atoms with Crippen molar-refractivity contribution in [2.45, 2.75) is 32.7 Å². The number of carbonyl (C=O) groups excluding carboxylic acids is 1. The Bertz CT molecular complexity index is 431. The number of anilines is 1. The summed E-state index contributed by atoms with van der Waals surface area (Å²) in [5, 5.41) is 6.08. The first kappa shape index (κ1) is 11.9. The van der Waals surface area contributed by atoms with Crippen LogP contribution in [0.15, 0.2) is 12.3 Å². The van der Waals surface area contributed by atoms with Crippen LogP contribution in [0.5, 0.6) is 0 Å². The first-order chi connectivity index (χ1) is 8.15. The normalized spacial score (nSPS) is 22.1. The second-order valence-corrected chi connectivity index (χ2v) is 4.61. The molecule has 0 radical (unpaired) electrons. The highest BCUT2D eigenvalue weighted by Crippen LogP contribution is 2.33. The molecular weight excluding hydrogens is 214 g/mol. The molecule has 1 fully saturated rings. The van der Waals surface area contributed by atoms with Crippen molar-refractivity contribution in [3.63, 3.8) is 0 Å². The van der Waals surface area contributed by atoms with E-state index in [1.165, 1.54) is 0 Å². The quantitative estimate of drug-likeness (QED) is 0.836. The third kappa shape index (κ3) is 2.57. The van der Waals surface area contributed by atoms with E-state index in [1.54, 1.807) is 6.20 Å². The molecule has 1 aromatic heterocycles. The molecule has 2 unspecified atom stereocenters. The molecule has 4 heteroatoms. The van der Waals surface area contributed by atoms with E-state index in [9.17, 15) is 4.79 Å². The number of aromatic nitrogens is 1. The van der Waals surface area contributed by atoms with Crippen molar-refractivity contribution in [3.05, 3.63) is 23.5 Å². The fourth-order valence-electron chi connectivity index (χ4n) is 2.07. The molecule has 2 rings (SSSR count). The molecular formula is C13H19N3O. The van der Waals surface area contributed by atoms with E-state index in [1.807, 2.05) is 20.0 Å². The molecule has 1 aliphatic rings. The van der Waals surface area contributed by atoms with Gasteiger partial charge in [0.1, 0.15) is 0 Å². The smallest absolute Gasteiger partial charge is 0.255 e. The summed E-state index contributed by atoms with van der Waals surface area (Å²) in [5.41, 5.74) is 2.37. The highest BCUT2D eigenvalue weighted by molar-refractivity contribution is 5.99.